The molecule has 1 N–H and O–H groups in total. The van der Waals surface area contributed by atoms with Crippen LogP contribution >= 0.6 is 11.6 Å². The molecule has 3 rings (SSSR count). The first-order valence-electron chi connectivity index (χ1n) is 10.2. The van der Waals surface area contributed by atoms with E-state index in [1.54, 1.807) is 0 Å². The Kier molecular flexibility index (Phi) is 9.98. The van der Waals surface area contributed by atoms with Gasteiger partial charge in [0, 0.05) is 24.8 Å². The lowest BCUT2D eigenvalue weighted by molar-refractivity contribution is -0.139. The van der Waals surface area contributed by atoms with Gasteiger partial charge in [0.2, 0.25) is 0 Å². The van der Waals surface area contributed by atoms with Gasteiger partial charge >= 0.3 is 5.97 Å². The summed E-state index contributed by atoms with van der Waals surface area (Å²) in [6.45, 7) is 3.82. The first-order valence-corrected chi connectivity index (χ1v) is 10.6. The Morgan fingerprint density at radius 2 is 1.87 bits per heavy atom. The van der Waals surface area contributed by atoms with Gasteiger partial charge in [0.25, 0.3) is 0 Å². The number of Topliss-reactive ketones (excluding diaryl/α,β-unsaturated/α-hetero) is 1. The zero-order valence-corrected chi connectivity index (χ0v) is 18.9. The van der Waals surface area contributed by atoms with Crippen molar-refractivity contribution < 1.29 is 28.9 Å². The standard InChI is InChI=1S/C21H23ClO4.C3H6O2/c1-2-25-18-6-3-14(4-7-18)9-16-10-15(5-8-20(16)22)21-12-17(24)11-19(13-23)26-21;1-3(4)5-2/h3-8,10,19,21,23H,2,9,11-13H2,1H3;1-2H3. The number of aliphatic hydroxyl groups excluding tert-OH is 1. The second-order valence-corrected chi connectivity index (χ2v) is 7.58. The maximum atomic E-state index is 11.9. The monoisotopic (exact) mass is 448 g/mol. The number of rotatable bonds is 6. The molecular formula is C24H29ClO6. The van der Waals surface area contributed by atoms with E-state index in [2.05, 4.69) is 4.74 Å². The number of hydrogen-bond acceptors (Lipinski definition) is 6. The molecule has 7 heteroatoms. The van der Waals surface area contributed by atoms with Gasteiger partial charge in [0.05, 0.1) is 32.5 Å². The van der Waals surface area contributed by atoms with Crippen LogP contribution in [0.5, 0.6) is 5.75 Å². The molecule has 0 aliphatic carbocycles. The molecule has 2 aromatic rings. The van der Waals surface area contributed by atoms with E-state index in [1.807, 2.05) is 49.4 Å². The Morgan fingerprint density at radius 1 is 1.19 bits per heavy atom. The molecule has 0 bridgehead atoms. The summed E-state index contributed by atoms with van der Waals surface area (Å²) in [5.74, 6) is 0.716. The molecular weight excluding hydrogens is 420 g/mol. The maximum absolute atomic E-state index is 11.9. The van der Waals surface area contributed by atoms with E-state index in [1.165, 1.54) is 14.0 Å². The molecule has 2 unspecified atom stereocenters. The minimum absolute atomic E-state index is 0.114. The van der Waals surface area contributed by atoms with Crippen molar-refractivity contribution in [3.63, 3.8) is 0 Å². The number of ether oxygens (including phenoxy) is 3. The van der Waals surface area contributed by atoms with Crippen molar-refractivity contribution in [3.8, 4) is 5.75 Å². The number of ketones is 1. The van der Waals surface area contributed by atoms with Crippen molar-refractivity contribution in [1.82, 2.24) is 0 Å². The molecule has 1 fully saturated rings. The number of benzene rings is 2. The molecule has 0 aromatic heterocycles. The van der Waals surface area contributed by atoms with E-state index in [9.17, 15) is 14.7 Å². The quantitative estimate of drug-likeness (QED) is 0.664. The highest BCUT2D eigenvalue weighted by molar-refractivity contribution is 6.31. The van der Waals surface area contributed by atoms with E-state index in [4.69, 9.17) is 21.1 Å². The highest BCUT2D eigenvalue weighted by Gasteiger charge is 2.28. The third-order valence-corrected chi connectivity index (χ3v) is 5.16. The third-order valence-electron chi connectivity index (χ3n) is 4.79. The number of aliphatic hydroxyl groups is 1. The van der Waals surface area contributed by atoms with Gasteiger partial charge in [0.1, 0.15) is 11.5 Å². The second-order valence-electron chi connectivity index (χ2n) is 7.18. The van der Waals surface area contributed by atoms with Crippen LogP contribution in [0, 0.1) is 0 Å². The first-order chi connectivity index (χ1) is 14.9. The lowest BCUT2D eigenvalue weighted by Gasteiger charge is -2.28. The van der Waals surface area contributed by atoms with E-state index in [0.29, 0.717) is 24.5 Å². The maximum Gasteiger partial charge on any atom is 0.302 e. The average Bonchev–Trinajstić information content (AvgIpc) is 2.76. The van der Waals surface area contributed by atoms with Crippen LogP contribution in [0.2, 0.25) is 5.02 Å². The lowest BCUT2D eigenvalue weighted by atomic mass is 9.95. The molecule has 2 atom stereocenters. The largest absolute Gasteiger partial charge is 0.494 e. The Bertz CT molecular complexity index is 865. The van der Waals surface area contributed by atoms with Gasteiger partial charge in [-0.3, -0.25) is 9.59 Å². The van der Waals surface area contributed by atoms with E-state index in [-0.39, 0.29) is 30.9 Å². The van der Waals surface area contributed by atoms with Crippen LogP contribution in [0.1, 0.15) is 49.5 Å². The number of halogens is 1. The van der Waals surface area contributed by atoms with Gasteiger partial charge in [-0.05, 0) is 48.2 Å². The smallest absolute Gasteiger partial charge is 0.302 e. The summed E-state index contributed by atoms with van der Waals surface area (Å²) in [5, 5.41) is 10.0. The van der Waals surface area contributed by atoms with Gasteiger partial charge in [-0.25, -0.2) is 0 Å². The van der Waals surface area contributed by atoms with Crippen LogP contribution in [-0.4, -0.2) is 43.3 Å². The summed E-state index contributed by atoms with van der Waals surface area (Å²) in [6.07, 6.45) is 0.542. The molecule has 2 aromatic carbocycles. The van der Waals surface area contributed by atoms with E-state index >= 15 is 0 Å². The summed E-state index contributed by atoms with van der Waals surface area (Å²) in [7, 11) is 1.35. The number of carbonyl (C=O) groups is 2. The summed E-state index contributed by atoms with van der Waals surface area (Å²) in [5.41, 5.74) is 3.03. The highest BCUT2D eigenvalue weighted by Crippen LogP contribution is 2.32. The van der Waals surface area contributed by atoms with Gasteiger partial charge < -0.3 is 19.3 Å². The Balaban J connectivity index is 0.000000614. The SMILES string of the molecule is CCOc1ccc(Cc2cc(C3CC(=O)CC(CO)O3)ccc2Cl)cc1.COC(C)=O. The molecule has 0 amide bonds. The minimum atomic E-state index is -0.425. The Labute approximate surface area is 188 Å². The Morgan fingerprint density at radius 3 is 2.45 bits per heavy atom. The van der Waals surface area contributed by atoms with Crippen molar-refractivity contribution in [3.05, 3.63) is 64.2 Å². The fraction of sp³-hybridized carbons (Fsp3) is 0.417. The van der Waals surface area contributed by atoms with Crippen molar-refractivity contribution >= 4 is 23.4 Å². The van der Waals surface area contributed by atoms with Crippen LogP contribution in [0.25, 0.3) is 0 Å². The van der Waals surface area contributed by atoms with Gasteiger partial charge in [0.15, 0.2) is 0 Å². The van der Waals surface area contributed by atoms with Crippen LogP contribution in [0.15, 0.2) is 42.5 Å². The molecule has 0 spiro atoms. The van der Waals surface area contributed by atoms with Crippen molar-refractivity contribution in [1.29, 1.82) is 0 Å². The fourth-order valence-electron chi connectivity index (χ4n) is 3.20. The number of methoxy groups -OCH3 is 1. The molecule has 1 aliphatic heterocycles. The number of esters is 1. The van der Waals surface area contributed by atoms with Gasteiger partial charge in [-0.15, -0.1) is 0 Å². The number of hydrogen-bond donors (Lipinski definition) is 1. The summed E-state index contributed by atoms with van der Waals surface area (Å²) in [6, 6.07) is 13.7. The van der Waals surface area contributed by atoms with Crippen LogP contribution < -0.4 is 4.74 Å². The van der Waals surface area contributed by atoms with E-state index in [0.717, 1.165) is 22.4 Å². The molecule has 0 saturated carbocycles. The van der Waals surface area contributed by atoms with Crippen molar-refractivity contribution in [2.45, 2.75) is 45.3 Å². The molecule has 1 saturated heterocycles. The summed E-state index contributed by atoms with van der Waals surface area (Å²) >= 11 is 6.38. The fourth-order valence-corrected chi connectivity index (χ4v) is 3.38. The zero-order chi connectivity index (χ0) is 22.8. The zero-order valence-electron chi connectivity index (χ0n) is 18.1. The summed E-state index contributed by atoms with van der Waals surface area (Å²) in [4.78, 5) is 21.5. The highest BCUT2D eigenvalue weighted by atomic mass is 35.5. The molecule has 6 nitrogen and oxygen atoms in total. The second kappa shape index (κ2) is 12.4. The first kappa shape index (κ1) is 24.9. The topological polar surface area (TPSA) is 82.1 Å². The molecule has 1 aliphatic rings. The van der Waals surface area contributed by atoms with Crippen LogP contribution in [-0.2, 0) is 25.5 Å². The van der Waals surface area contributed by atoms with Crippen molar-refractivity contribution in [2.24, 2.45) is 0 Å². The van der Waals surface area contributed by atoms with Crippen LogP contribution in [0.3, 0.4) is 0 Å². The van der Waals surface area contributed by atoms with Gasteiger partial charge in [-0.1, -0.05) is 35.9 Å². The van der Waals surface area contributed by atoms with Crippen LogP contribution in [0.4, 0.5) is 0 Å². The predicted molar refractivity (Wildman–Crippen MR) is 118 cm³/mol. The molecule has 168 valence electrons. The average molecular weight is 449 g/mol. The third kappa shape index (κ3) is 7.98. The lowest BCUT2D eigenvalue weighted by Crippen LogP contribution is -2.30. The number of carbonyl (C=O) groups excluding carboxylic acids is 2. The van der Waals surface area contributed by atoms with Crippen molar-refractivity contribution in [2.75, 3.05) is 20.3 Å². The predicted octanol–water partition coefficient (Wildman–Crippen LogP) is 4.29. The minimum Gasteiger partial charge on any atom is -0.494 e. The normalized spacial score (nSPS) is 18.0. The Hall–Kier alpha value is -2.41. The molecule has 1 heterocycles. The molecule has 0 radical (unpaired) electrons. The van der Waals surface area contributed by atoms with Gasteiger partial charge in [-0.2, -0.15) is 0 Å². The summed E-state index contributed by atoms with van der Waals surface area (Å²) < 4.78 is 15.4. The molecule has 31 heavy (non-hydrogen) atoms. The van der Waals surface area contributed by atoms with E-state index < -0.39 is 6.10 Å².